The van der Waals surface area contributed by atoms with Gasteiger partial charge in [0.25, 0.3) is 0 Å². The fourth-order valence-electron chi connectivity index (χ4n) is 1.70. The second-order valence-electron chi connectivity index (χ2n) is 3.68. The molecule has 1 fully saturated rings. The van der Waals surface area contributed by atoms with Crippen LogP contribution in [0.2, 0.25) is 0 Å². The Morgan fingerprint density at radius 1 is 1.43 bits per heavy atom. The number of carbonyl (C=O) groups is 1. The van der Waals surface area contributed by atoms with Crippen LogP contribution in [0.1, 0.15) is 6.92 Å². The normalized spacial score (nSPS) is 22.1. The molecule has 1 atom stereocenters. The van der Waals surface area contributed by atoms with Crippen molar-refractivity contribution in [1.82, 2.24) is 9.80 Å². The average Bonchev–Trinajstić information content (AvgIpc) is 2.18. The summed E-state index contributed by atoms with van der Waals surface area (Å²) in [7, 11) is 0. The van der Waals surface area contributed by atoms with Crippen LogP contribution in [0.3, 0.4) is 0 Å². The molecule has 1 unspecified atom stereocenters. The lowest BCUT2D eigenvalue weighted by molar-refractivity contribution is -0.123. The third kappa shape index (κ3) is 2.94. The topological polar surface area (TPSA) is 69.8 Å². The van der Waals surface area contributed by atoms with E-state index in [4.69, 9.17) is 10.8 Å². The second-order valence-corrected chi connectivity index (χ2v) is 3.68. The molecule has 14 heavy (non-hydrogen) atoms. The maximum absolute atomic E-state index is 10.9. The highest BCUT2D eigenvalue weighted by atomic mass is 16.3. The Bertz CT molecular complexity index is 190. The predicted molar refractivity (Wildman–Crippen MR) is 53.8 cm³/mol. The lowest BCUT2D eigenvalue weighted by Gasteiger charge is -2.36. The number of rotatable bonds is 4. The van der Waals surface area contributed by atoms with Gasteiger partial charge >= 0.3 is 0 Å². The molecule has 1 amide bonds. The van der Waals surface area contributed by atoms with E-state index in [2.05, 4.69) is 9.80 Å². The number of nitrogens with zero attached hydrogens (tertiary/aromatic N) is 2. The molecule has 1 saturated heterocycles. The van der Waals surface area contributed by atoms with E-state index < -0.39 is 0 Å². The first-order valence-corrected chi connectivity index (χ1v) is 5.01. The van der Waals surface area contributed by atoms with Crippen molar-refractivity contribution in [3.63, 3.8) is 0 Å². The zero-order chi connectivity index (χ0) is 10.6. The third-order valence-corrected chi connectivity index (χ3v) is 2.78. The number of carbonyl (C=O) groups excluding carboxylic acids is 1. The minimum atomic E-state index is -0.263. The number of piperazine rings is 1. The zero-order valence-electron chi connectivity index (χ0n) is 8.65. The van der Waals surface area contributed by atoms with Crippen LogP contribution >= 0.6 is 0 Å². The Labute approximate surface area is 84.5 Å². The molecule has 0 aromatic carbocycles. The summed E-state index contributed by atoms with van der Waals surface area (Å²) in [4.78, 5) is 15.2. The van der Waals surface area contributed by atoms with Gasteiger partial charge in [0.2, 0.25) is 5.91 Å². The van der Waals surface area contributed by atoms with Gasteiger partial charge in [0, 0.05) is 32.7 Å². The van der Waals surface area contributed by atoms with E-state index in [9.17, 15) is 4.79 Å². The van der Waals surface area contributed by atoms with Crippen LogP contribution in [0.5, 0.6) is 0 Å². The lowest BCUT2D eigenvalue weighted by Crippen LogP contribution is -2.53. The summed E-state index contributed by atoms with van der Waals surface area (Å²) in [5.41, 5.74) is 5.23. The van der Waals surface area contributed by atoms with E-state index in [1.807, 2.05) is 6.92 Å². The van der Waals surface area contributed by atoms with Crippen molar-refractivity contribution >= 4 is 5.91 Å². The molecule has 3 N–H and O–H groups in total. The number of aliphatic hydroxyl groups is 1. The molecule has 0 spiro atoms. The molecule has 0 radical (unpaired) electrons. The third-order valence-electron chi connectivity index (χ3n) is 2.78. The summed E-state index contributed by atoms with van der Waals surface area (Å²) in [5, 5.41) is 8.75. The molecule has 1 rings (SSSR count). The van der Waals surface area contributed by atoms with Crippen molar-refractivity contribution in [3.05, 3.63) is 0 Å². The highest BCUT2D eigenvalue weighted by Crippen LogP contribution is 2.05. The first-order chi connectivity index (χ1) is 6.65. The van der Waals surface area contributed by atoms with E-state index in [1.54, 1.807) is 0 Å². The molecule has 0 bridgehead atoms. The molecule has 5 heteroatoms. The fourth-order valence-corrected chi connectivity index (χ4v) is 1.70. The number of primary amides is 1. The van der Waals surface area contributed by atoms with Gasteiger partial charge < -0.3 is 10.8 Å². The number of β-amino-alcohol motifs (C(OH)–C–C–N with tert-alkyl or cyclic N) is 1. The van der Waals surface area contributed by atoms with Crippen LogP contribution in [0.25, 0.3) is 0 Å². The van der Waals surface area contributed by atoms with Crippen LogP contribution < -0.4 is 5.73 Å². The summed E-state index contributed by atoms with van der Waals surface area (Å²) in [6.45, 7) is 6.26. The van der Waals surface area contributed by atoms with Crippen molar-refractivity contribution < 1.29 is 9.90 Å². The molecule has 82 valence electrons. The van der Waals surface area contributed by atoms with Crippen LogP contribution in [0, 0.1) is 0 Å². The Kier molecular flexibility index (Phi) is 4.31. The van der Waals surface area contributed by atoms with E-state index >= 15 is 0 Å². The molecule has 1 aliphatic heterocycles. The smallest absolute Gasteiger partial charge is 0.234 e. The van der Waals surface area contributed by atoms with Gasteiger partial charge in [-0.25, -0.2) is 0 Å². The number of nitrogens with two attached hydrogens (primary N) is 1. The van der Waals surface area contributed by atoms with Gasteiger partial charge in [-0.2, -0.15) is 0 Å². The highest BCUT2D eigenvalue weighted by molar-refractivity contribution is 5.79. The largest absolute Gasteiger partial charge is 0.395 e. The SMILES string of the molecule is CC(C(N)=O)N1CCN(CCO)CC1. The number of hydrogen-bond acceptors (Lipinski definition) is 4. The van der Waals surface area contributed by atoms with E-state index in [0.29, 0.717) is 0 Å². The Morgan fingerprint density at radius 3 is 2.43 bits per heavy atom. The maximum Gasteiger partial charge on any atom is 0.234 e. The number of aliphatic hydroxyl groups excluding tert-OH is 1. The minimum absolute atomic E-state index is 0.175. The monoisotopic (exact) mass is 201 g/mol. The first kappa shape index (κ1) is 11.4. The summed E-state index contributed by atoms with van der Waals surface area (Å²) in [6, 6.07) is -0.175. The summed E-state index contributed by atoms with van der Waals surface area (Å²) in [5.74, 6) is -0.263. The van der Waals surface area contributed by atoms with Gasteiger partial charge in [0.1, 0.15) is 0 Å². The van der Waals surface area contributed by atoms with Crippen molar-refractivity contribution in [1.29, 1.82) is 0 Å². The van der Waals surface area contributed by atoms with Gasteiger partial charge in [-0.1, -0.05) is 0 Å². The summed E-state index contributed by atoms with van der Waals surface area (Å²) >= 11 is 0. The van der Waals surface area contributed by atoms with Crippen LogP contribution in [-0.4, -0.2) is 66.2 Å². The van der Waals surface area contributed by atoms with Crippen LogP contribution in [0.15, 0.2) is 0 Å². The standard InChI is InChI=1S/C9H19N3O2/c1-8(9(10)14)12-4-2-11(3-5-12)6-7-13/h8,13H,2-7H2,1H3,(H2,10,14). The maximum atomic E-state index is 10.9. The molecular formula is C9H19N3O2. The van der Waals surface area contributed by atoms with Gasteiger partial charge in [-0.3, -0.25) is 14.6 Å². The first-order valence-electron chi connectivity index (χ1n) is 5.01. The molecule has 0 aliphatic carbocycles. The quantitative estimate of drug-likeness (QED) is 0.579. The molecule has 1 heterocycles. The van der Waals surface area contributed by atoms with Crippen molar-refractivity contribution in [2.24, 2.45) is 5.73 Å². The van der Waals surface area contributed by atoms with Gasteiger partial charge in [0.05, 0.1) is 12.6 Å². The van der Waals surface area contributed by atoms with Crippen LogP contribution in [0.4, 0.5) is 0 Å². The van der Waals surface area contributed by atoms with E-state index in [1.165, 1.54) is 0 Å². The van der Waals surface area contributed by atoms with E-state index in [0.717, 1.165) is 32.7 Å². The van der Waals surface area contributed by atoms with Crippen LogP contribution in [-0.2, 0) is 4.79 Å². The van der Waals surface area contributed by atoms with Gasteiger partial charge in [-0.05, 0) is 6.92 Å². The number of hydrogen-bond donors (Lipinski definition) is 2. The molecular weight excluding hydrogens is 182 g/mol. The molecule has 5 nitrogen and oxygen atoms in total. The zero-order valence-corrected chi connectivity index (χ0v) is 8.65. The molecule has 0 saturated carbocycles. The number of amides is 1. The predicted octanol–water partition coefficient (Wildman–Crippen LogP) is -1.53. The minimum Gasteiger partial charge on any atom is -0.395 e. The average molecular weight is 201 g/mol. The molecule has 1 aliphatic rings. The summed E-state index contributed by atoms with van der Waals surface area (Å²) < 4.78 is 0. The van der Waals surface area contributed by atoms with E-state index in [-0.39, 0.29) is 18.6 Å². The molecule has 0 aromatic rings. The highest BCUT2D eigenvalue weighted by Gasteiger charge is 2.23. The Hall–Kier alpha value is -0.650. The lowest BCUT2D eigenvalue weighted by atomic mass is 10.2. The van der Waals surface area contributed by atoms with Crippen molar-refractivity contribution in [2.75, 3.05) is 39.3 Å². The van der Waals surface area contributed by atoms with Gasteiger partial charge in [-0.15, -0.1) is 0 Å². The Morgan fingerprint density at radius 2 is 2.00 bits per heavy atom. The van der Waals surface area contributed by atoms with Crippen molar-refractivity contribution in [3.8, 4) is 0 Å². The Balaban J connectivity index is 2.31. The van der Waals surface area contributed by atoms with Gasteiger partial charge in [0.15, 0.2) is 0 Å². The fraction of sp³-hybridized carbons (Fsp3) is 0.889. The molecule has 0 aromatic heterocycles. The van der Waals surface area contributed by atoms with Crippen molar-refractivity contribution in [2.45, 2.75) is 13.0 Å². The summed E-state index contributed by atoms with van der Waals surface area (Å²) in [6.07, 6.45) is 0. The second kappa shape index (κ2) is 5.29.